The van der Waals surface area contributed by atoms with Gasteiger partial charge in [0.15, 0.2) is 0 Å². The monoisotopic (exact) mass is 277 g/mol. The second-order valence-electron chi connectivity index (χ2n) is 3.42. The number of anilines is 2. The molecular weight excluding hydrogens is 262 g/mol. The molecule has 7 heteroatoms. The minimum Gasteiger partial charge on any atom is -0.397 e. The van der Waals surface area contributed by atoms with Crippen LogP contribution in [0.2, 0.25) is 5.02 Å². The van der Waals surface area contributed by atoms with Gasteiger partial charge in [0, 0.05) is 18.1 Å². The summed E-state index contributed by atoms with van der Waals surface area (Å²) in [7, 11) is -3.57. The standard InChI is InChI=1S/C10H16ClN3O2S/c1-3-14(4-2)17(15,16)13-10-7-8(11)5-6-9(10)12/h5-7,13H,3-4,12H2,1-2H3. The van der Waals surface area contributed by atoms with Crippen LogP contribution >= 0.6 is 11.6 Å². The fourth-order valence-electron chi connectivity index (χ4n) is 1.38. The van der Waals surface area contributed by atoms with Gasteiger partial charge >= 0.3 is 10.2 Å². The van der Waals surface area contributed by atoms with Crippen molar-refractivity contribution in [3.63, 3.8) is 0 Å². The third kappa shape index (κ3) is 3.49. The van der Waals surface area contributed by atoms with Crippen molar-refractivity contribution in [1.82, 2.24) is 4.31 Å². The molecule has 0 unspecified atom stereocenters. The van der Waals surface area contributed by atoms with Crippen LogP contribution in [0.4, 0.5) is 11.4 Å². The summed E-state index contributed by atoms with van der Waals surface area (Å²) in [6.45, 7) is 4.33. The van der Waals surface area contributed by atoms with Crippen LogP contribution in [0.25, 0.3) is 0 Å². The molecule has 0 aliphatic heterocycles. The van der Waals surface area contributed by atoms with Crippen molar-refractivity contribution in [2.24, 2.45) is 0 Å². The molecule has 0 saturated carbocycles. The quantitative estimate of drug-likeness (QED) is 0.808. The normalized spacial score (nSPS) is 11.8. The zero-order chi connectivity index (χ0) is 13.1. The van der Waals surface area contributed by atoms with E-state index in [1.165, 1.54) is 10.4 Å². The molecule has 96 valence electrons. The summed E-state index contributed by atoms with van der Waals surface area (Å²) >= 11 is 5.79. The van der Waals surface area contributed by atoms with Gasteiger partial charge in [0.05, 0.1) is 11.4 Å². The van der Waals surface area contributed by atoms with Gasteiger partial charge in [-0.05, 0) is 18.2 Å². The highest BCUT2D eigenvalue weighted by atomic mass is 35.5. The Kier molecular flexibility index (Phi) is 4.62. The summed E-state index contributed by atoms with van der Waals surface area (Å²) in [4.78, 5) is 0. The average molecular weight is 278 g/mol. The lowest BCUT2D eigenvalue weighted by Crippen LogP contribution is -2.35. The van der Waals surface area contributed by atoms with Crippen molar-refractivity contribution >= 4 is 33.2 Å². The zero-order valence-electron chi connectivity index (χ0n) is 9.77. The average Bonchev–Trinajstić information content (AvgIpc) is 2.24. The largest absolute Gasteiger partial charge is 0.397 e. The van der Waals surface area contributed by atoms with Crippen LogP contribution in [-0.2, 0) is 10.2 Å². The topological polar surface area (TPSA) is 75.4 Å². The minimum absolute atomic E-state index is 0.296. The van der Waals surface area contributed by atoms with Gasteiger partial charge in [0.25, 0.3) is 0 Å². The number of nitrogens with one attached hydrogen (secondary N) is 1. The third-order valence-corrected chi connectivity index (χ3v) is 4.21. The first-order valence-electron chi connectivity index (χ1n) is 5.23. The predicted molar refractivity (Wildman–Crippen MR) is 71.3 cm³/mol. The van der Waals surface area contributed by atoms with Gasteiger partial charge in [-0.15, -0.1) is 0 Å². The van der Waals surface area contributed by atoms with Crippen LogP contribution in [0.3, 0.4) is 0 Å². The zero-order valence-corrected chi connectivity index (χ0v) is 11.3. The fraction of sp³-hybridized carbons (Fsp3) is 0.400. The molecule has 0 amide bonds. The molecule has 1 rings (SSSR count). The molecule has 3 N–H and O–H groups in total. The molecule has 0 aromatic heterocycles. The number of nitrogens with zero attached hydrogens (tertiary/aromatic N) is 1. The van der Waals surface area contributed by atoms with Crippen LogP contribution in [0, 0.1) is 0 Å². The van der Waals surface area contributed by atoms with Crippen LogP contribution in [-0.4, -0.2) is 25.8 Å². The van der Waals surface area contributed by atoms with E-state index in [0.717, 1.165) is 0 Å². The highest BCUT2D eigenvalue weighted by molar-refractivity contribution is 7.90. The van der Waals surface area contributed by atoms with E-state index in [2.05, 4.69) is 4.72 Å². The van der Waals surface area contributed by atoms with E-state index < -0.39 is 10.2 Å². The smallest absolute Gasteiger partial charge is 0.301 e. The lowest BCUT2D eigenvalue weighted by atomic mass is 10.3. The summed E-state index contributed by atoms with van der Waals surface area (Å²) in [6, 6.07) is 4.65. The lowest BCUT2D eigenvalue weighted by molar-refractivity contribution is 0.449. The Hall–Kier alpha value is -0.980. The van der Waals surface area contributed by atoms with Crippen LogP contribution < -0.4 is 10.5 Å². The second-order valence-corrected chi connectivity index (χ2v) is 5.53. The summed E-state index contributed by atoms with van der Waals surface area (Å²) in [5.41, 5.74) is 6.31. The predicted octanol–water partition coefficient (Wildman–Crippen LogP) is 1.92. The number of halogens is 1. The molecule has 0 aliphatic rings. The molecule has 1 aromatic rings. The van der Waals surface area contributed by atoms with Crippen molar-refractivity contribution in [3.8, 4) is 0 Å². The number of nitrogens with two attached hydrogens (primary N) is 1. The molecule has 0 fully saturated rings. The van der Waals surface area contributed by atoms with Gasteiger partial charge in [-0.1, -0.05) is 25.4 Å². The fourth-order valence-corrected chi connectivity index (χ4v) is 2.82. The van der Waals surface area contributed by atoms with Crippen molar-refractivity contribution in [2.75, 3.05) is 23.5 Å². The number of rotatable bonds is 5. The van der Waals surface area contributed by atoms with Crippen molar-refractivity contribution in [1.29, 1.82) is 0 Å². The molecule has 1 aromatic carbocycles. The Balaban J connectivity index is 3.01. The molecule has 0 bridgehead atoms. The maximum Gasteiger partial charge on any atom is 0.301 e. The number of hydrogen-bond acceptors (Lipinski definition) is 3. The van der Waals surface area contributed by atoms with E-state index in [-0.39, 0.29) is 0 Å². The van der Waals surface area contributed by atoms with Gasteiger partial charge in [0.1, 0.15) is 0 Å². The number of hydrogen-bond donors (Lipinski definition) is 2. The van der Waals surface area contributed by atoms with Crippen LogP contribution in [0.1, 0.15) is 13.8 Å². The van der Waals surface area contributed by atoms with Gasteiger partial charge in [-0.25, -0.2) is 0 Å². The summed E-state index contributed by atoms with van der Waals surface area (Å²) in [5, 5.41) is 0.427. The SMILES string of the molecule is CCN(CC)S(=O)(=O)Nc1cc(Cl)ccc1N. The van der Waals surface area contributed by atoms with Crippen molar-refractivity contribution < 1.29 is 8.42 Å². The molecule has 17 heavy (non-hydrogen) atoms. The van der Waals surface area contributed by atoms with E-state index >= 15 is 0 Å². The molecule has 0 atom stereocenters. The first-order chi connectivity index (χ1) is 7.90. The molecule has 0 radical (unpaired) electrons. The second kappa shape index (κ2) is 5.57. The van der Waals surface area contributed by atoms with Gasteiger partial charge in [-0.3, -0.25) is 4.72 Å². The maximum absolute atomic E-state index is 11.9. The molecule has 0 saturated heterocycles. The molecular formula is C10H16ClN3O2S. The Morgan fingerprint density at radius 1 is 1.35 bits per heavy atom. The van der Waals surface area contributed by atoms with E-state index in [1.54, 1.807) is 26.0 Å². The molecule has 0 heterocycles. The number of nitrogen functional groups attached to an aromatic ring is 1. The van der Waals surface area contributed by atoms with Gasteiger partial charge in [0.2, 0.25) is 0 Å². The molecule has 5 nitrogen and oxygen atoms in total. The highest BCUT2D eigenvalue weighted by Crippen LogP contribution is 2.24. The minimum atomic E-state index is -3.57. The summed E-state index contributed by atoms with van der Waals surface area (Å²) < 4.78 is 27.6. The number of benzene rings is 1. The van der Waals surface area contributed by atoms with E-state index in [0.29, 0.717) is 29.5 Å². The van der Waals surface area contributed by atoms with Crippen molar-refractivity contribution in [3.05, 3.63) is 23.2 Å². The van der Waals surface area contributed by atoms with E-state index in [9.17, 15) is 8.42 Å². The lowest BCUT2D eigenvalue weighted by Gasteiger charge is -2.20. The van der Waals surface area contributed by atoms with E-state index in [4.69, 9.17) is 17.3 Å². The van der Waals surface area contributed by atoms with Gasteiger partial charge < -0.3 is 5.73 Å². The van der Waals surface area contributed by atoms with Crippen LogP contribution in [0.15, 0.2) is 18.2 Å². The maximum atomic E-state index is 11.9. The van der Waals surface area contributed by atoms with Gasteiger partial charge in [-0.2, -0.15) is 12.7 Å². The Morgan fingerprint density at radius 3 is 2.47 bits per heavy atom. The molecule has 0 aliphatic carbocycles. The Bertz CT molecular complexity index is 486. The Morgan fingerprint density at radius 2 is 1.94 bits per heavy atom. The molecule has 0 spiro atoms. The van der Waals surface area contributed by atoms with Crippen molar-refractivity contribution in [2.45, 2.75) is 13.8 Å². The van der Waals surface area contributed by atoms with E-state index in [1.807, 2.05) is 0 Å². The first kappa shape index (κ1) is 14.1. The first-order valence-corrected chi connectivity index (χ1v) is 7.05. The Labute approximate surface area is 107 Å². The van der Waals surface area contributed by atoms with Crippen LogP contribution in [0.5, 0.6) is 0 Å². The summed E-state index contributed by atoms with van der Waals surface area (Å²) in [6.07, 6.45) is 0. The third-order valence-electron chi connectivity index (χ3n) is 2.30. The summed E-state index contributed by atoms with van der Waals surface area (Å²) in [5.74, 6) is 0. The highest BCUT2D eigenvalue weighted by Gasteiger charge is 2.19.